The van der Waals surface area contributed by atoms with Crippen LogP contribution < -0.4 is 16.0 Å². The molecule has 1 aliphatic rings. The zero-order chi connectivity index (χ0) is 25.0. The molecule has 4 rings (SSSR count). The molecule has 4 N–H and O–H groups in total. The van der Waals surface area contributed by atoms with Crippen molar-refractivity contribution in [3.63, 3.8) is 0 Å². The van der Waals surface area contributed by atoms with Crippen molar-refractivity contribution in [1.29, 1.82) is 0 Å². The first-order chi connectivity index (χ1) is 16.7. The van der Waals surface area contributed by atoms with E-state index in [2.05, 4.69) is 30.9 Å². The maximum atomic E-state index is 11.7. The van der Waals surface area contributed by atoms with Crippen molar-refractivity contribution < 1.29 is 23.1 Å². The van der Waals surface area contributed by atoms with Crippen molar-refractivity contribution in [2.45, 2.75) is 37.3 Å². The number of aromatic nitrogens is 3. The number of anilines is 4. The number of aryl methyl sites for hydroxylation is 1. The lowest BCUT2D eigenvalue weighted by molar-refractivity contribution is 0.0701. The van der Waals surface area contributed by atoms with Crippen LogP contribution in [0.3, 0.4) is 0 Å². The average Bonchev–Trinajstić information content (AvgIpc) is 3.45. The molecule has 0 radical (unpaired) electrons. The Morgan fingerprint density at radius 3 is 2.49 bits per heavy atom. The molecule has 1 atom stereocenters. The van der Waals surface area contributed by atoms with Gasteiger partial charge in [0.1, 0.15) is 16.5 Å². The normalized spacial score (nSPS) is 15.7. The van der Waals surface area contributed by atoms with Crippen molar-refractivity contribution in [2.24, 2.45) is 0 Å². The molecule has 0 saturated carbocycles. The Balaban J connectivity index is 1.52. The predicted molar refractivity (Wildman–Crippen MR) is 133 cm³/mol. The number of carbonyl (C=O) groups is 1. The van der Waals surface area contributed by atoms with Gasteiger partial charge in [0, 0.05) is 32.0 Å². The molecule has 2 aromatic heterocycles. The molecule has 0 aliphatic carbocycles. The standard InChI is InChI=1S/C22H26N6O5S2/c1-13-19(20(29)30)34-22(25-13)28-21-26-17(10-18(27-21)24-12-15-4-3-9-33-15)23-11-14-5-7-16(8-6-14)35(2,31)32/h5-8,10,15H,3-4,9,11-12H2,1-2H3,(H,29,30)(H3,23,24,25,26,27,28). The van der Waals surface area contributed by atoms with Crippen LogP contribution >= 0.6 is 11.3 Å². The Morgan fingerprint density at radius 2 is 1.89 bits per heavy atom. The second kappa shape index (κ2) is 10.5. The van der Waals surface area contributed by atoms with Crippen LogP contribution in [0.15, 0.2) is 35.2 Å². The molecule has 186 valence electrons. The van der Waals surface area contributed by atoms with E-state index in [0.29, 0.717) is 35.6 Å². The minimum Gasteiger partial charge on any atom is -0.477 e. The number of carboxylic acid groups (broad SMARTS) is 1. The van der Waals surface area contributed by atoms with Crippen molar-refractivity contribution in [1.82, 2.24) is 15.0 Å². The SMILES string of the molecule is Cc1nc(Nc2nc(NCc3ccc(S(C)(=O)=O)cc3)cc(NCC3CCCO3)n2)sc1C(=O)O. The number of hydrogen-bond acceptors (Lipinski definition) is 11. The first-order valence-corrected chi connectivity index (χ1v) is 13.6. The maximum absolute atomic E-state index is 11.7. The highest BCUT2D eigenvalue weighted by Gasteiger charge is 2.17. The molecule has 13 heteroatoms. The molecule has 11 nitrogen and oxygen atoms in total. The molecule has 0 bridgehead atoms. The molecule has 0 amide bonds. The highest BCUT2D eigenvalue weighted by atomic mass is 32.2. The molecular formula is C22H26N6O5S2. The van der Waals surface area contributed by atoms with E-state index in [9.17, 15) is 18.3 Å². The van der Waals surface area contributed by atoms with Crippen LogP contribution in [0.5, 0.6) is 0 Å². The summed E-state index contributed by atoms with van der Waals surface area (Å²) in [5.74, 6) is 0.309. The van der Waals surface area contributed by atoms with Gasteiger partial charge in [0.25, 0.3) is 0 Å². The van der Waals surface area contributed by atoms with Gasteiger partial charge in [-0.15, -0.1) is 0 Å². The molecule has 1 fully saturated rings. The van der Waals surface area contributed by atoms with Gasteiger partial charge in [-0.05, 0) is 37.5 Å². The van der Waals surface area contributed by atoms with Crippen LogP contribution in [0.2, 0.25) is 0 Å². The van der Waals surface area contributed by atoms with Gasteiger partial charge in [0.05, 0.1) is 16.7 Å². The third kappa shape index (κ3) is 6.65. The fourth-order valence-corrected chi connectivity index (χ4v) is 4.93. The van der Waals surface area contributed by atoms with Crippen LogP contribution in [0.25, 0.3) is 0 Å². The van der Waals surface area contributed by atoms with E-state index in [4.69, 9.17) is 4.74 Å². The van der Waals surface area contributed by atoms with Gasteiger partial charge in [-0.25, -0.2) is 18.2 Å². The molecule has 3 heterocycles. The first-order valence-electron chi connectivity index (χ1n) is 10.9. The number of carboxylic acids is 1. The molecule has 1 unspecified atom stereocenters. The van der Waals surface area contributed by atoms with E-state index < -0.39 is 15.8 Å². The zero-order valence-electron chi connectivity index (χ0n) is 19.2. The monoisotopic (exact) mass is 518 g/mol. The largest absolute Gasteiger partial charge is 0.477 e. The molecule has 1 aliphatic heterocycles. The number of rotatable bonds is 10. The highest BCUT2D eigenvalue weighted by Crippen LogP contribution is 2.26. The molecule has 3 aromatic rings. The number of aromatic carboxylic acids is 1. The predicted octanol–water partition coefficient (Wildman–Crippen LogP) is 3.29. The summed E-state index contributed by atoms with van der Waals surface area (Å²) >= 11 is 1.01. The minimum atomic E-state index is -3.26. The third-order valence-electron chi connectivity index (χ3n) is 5.30. The number of sulfone groups is 1. The van der Waals surface area contributed by atoms with Gasteiger partial charge in [-0.2, -0.15) is 9.97 Å². The van der Waals surface area contributed by atoms with Crippen molar-refractivity contribution in [3.8, 4) is 0 Å². The Labute approximate surface area is 206 Å². The Hall–Kier alpha value is -3.29. The topological polar surface area (TPSA) is 155 Å². The van der Waals surface area contributed by atoms with E-state index in [1.165, 1.54) is 6.26 Å². The number of ether oxygens (including phenoxy) is 1. The maximum Gasteiger partial charge on any atom is 0.347 e. The van der Waals surface area contributed by atoms with Crippen molar-refractivity contribution >= 4 is 49.9 Å². The van der Waals surface area contributed by atoms with Gasteiger partial charge in [0.15, 0.2) is 15.0 Å². The zero-order valence-corrected chi connectivity index (χ0v) is 20.9. The summed E-state index contributed by atoms with van der Waals surface area (Å²) in [5, 5.41) is 19.2. The van der Waals surface area contributed by atoms with E-state index in [1.807, 2.05) is 0 Å². The summed E-state index contributed by atoms with van der Waals surface area (Å²) in [6.45, 7) is 3.39. The van der Waals surface area contributed by atoms with Gasteiger partial charge in [-0.1, -0.05) is 23.5 Å². The van der Waals surface area contributed by atoms with Crippen LogP contribution in [0, 0.1) is 6.92 Å². The van der Waals surface area contributed by atoms with Crippen molar-refractivity contribution in [2.75, 3.05) is 35.4 Å². The lowest BCUT2D eigenvalue weighted by atomic mass is 10.2. The summed E-state index contributed by atoms with van der Waals surface area (Å²) in [7, 11) is -3.26. The van der Waals surface area contributed by atoms with Crippen LogP contribution in [0.1, 0.15) is 33.8 Å². The van der Waals surface area contributed by atoms with Gasteiger partial charge >= 0.3 is 5.97 Å². The average molecular weight is 519 g/mol. The fraction of sp³-hybridized carbons (Fsp3) is 0.364. The van der Waals surface area contributed by atoms with Crippen LogP contribution in [-0.4, -0.2) is 60.0 Å². The van der Waals surface area contributed by atoms with Crippen molar-refractivity contribution in [3.05, 3.63) is 46.5 Å². The molecular weight excluding hydrogens is 492 g/mol. The summed E-state index contributed by atoms with van der Waals surface area (Å²) in [5.41, 5.74) is 1.29. The molecule has 35 heavy (non-hydrogen) atoms. The third-order valence-corrected chi connectivity index (χ3v) is 7.49. The van der Waals surface area contributed by atoms with E-state index in [-0.39, 0.29) is 21.8 Å². The summed E-state index contributed by atoms with van der Waals surface area (Å²) in [6, 6.07) is 8.39. The number of nitrogens with one attached hydrogen (secondary N) is 3. The fourth-order valence-electron chi connectivity index (χ4n) is 3.50. The minimum absolute atomic E-state index is 0.117. The summed E-state index contributed by atoms with van der Waals surface area (Å²) < 4.78 is 29.0. The molecule has 1 saturated heterocycles. The first kappa shape index (κ1) is 24.8. The number of benzene rings is 1. The number of hydrogen-bond donors (Lipinski definition) is 4. The second-order valence-corrected chi connectivity index (χ2v) is 11.1. The number of thiazole rings is 1. The van der Waals surface area contributed by atoms with Gasteiger partial charge in [-0.3, -0.25) is 5.32 Å². The highest BCUT2D eigenvalue weighted by molar-refractivity contribution is 7.90. The van der Waals surface area contributed by atoms with Crippen LogP contribution in [0.4, 0.5) is 22.7 Å². The lowest BCUT2D eigenvalue weighted by Gasteiger charge is -2.14. The Bertz CT molecular complexity index is 1300. The summed E-state index contributed by atoms with van der Waals surface area (Å²) in [6.07, 6.45) is 3.30. The second-order valence-electron chi connectivity index (χ2n) is 8.11. The Kier molecular flexibility index (Phi) is 7.48. The summed E-state index contributed by atoms with van der Waals surface area (Å²) in [4.78, 5) is 25.0. The lowest BCUT2D eigenvalue weighted by Crippen LogP contribution is -2.19. The van der Waals surface area contributed by atoms with Crippen LogP contribution in [-0.2, 0) is 21.1 Å². The van der Waals surface area contributed by atoms with Gasteiger partial charge < -0.3 is 20.5 Å². The number of nitrogens with zero attached hydrogens (tertiary/aromatic N) is 3. The van der Waals surface area contributed by atoms with E-state index in [0.717, 1.165) is 36.3 Å². The van der Waals surface area contributed by atoms with E-state index >= 15 is 0 Å². The smallest absolute Gasteiger partial charge is 0.347 e. The molecule has 1 aromatic carbocycles. The van der Waals surface area contributed by atoms with E-state index in [1.54, 1.807) is 37.3 Å². The molecule has 0 spiro atoms. The van der Waals surface area contributed by atoms with Gasteiger partial charge in [0.2, 0.25) is 5.95 Å². The quantitative estimate of drug-likeness (QED) is 0.312. The Morgan fingerprint density at radius 1 is 1.17 bits per heavy atom.